The molecular formula is C21H21NO11. The summed E-state index contributed by atoms with van der Waals surface area (Å²) in [6.45, 7) is 3.05. The Balaban J connectivity index is 2.01. The number of nitro groups is 1. The maximum absolute atomic E-state index is 11.7. The van der Waals surface area contributed by atoms with Crippen molar-refractivity contribution >= 4 is 34.4 Å². The van der Waals surface area contributed by atoms with Gasteiger partial charge in [-0.25, -0.2) is 0 Å². The number of nitrogens with zero attached hydrogens (tertiary/aromatic N) is 1. The van der Waals surface area contributed by atoms with Gasteiger partial charge in [0.25, 0.3) is 0 Å². The molecule has 0 radical (unpaired) electrons. The second-order valence-electron chi connectivity index (χ2n) is 7.16. The quantitative estimate of drug-likeness (QED) is 0.277. The molecule has 12 heteroatoms. The van der Waals surface area contributed by atoms with Crippen molar-refractivity contribution in [3.63, 3.8) is 0 Å². The number of ether oxygens (including phenoxy) is 5. The number of aromatic hydroxyl groups is 1. The van der Waals surface area contributed by atoms with Gasteiger partial charge in [-0.05, 0) is 17.5 Å². The number of nitro benzene ring substituents is 1. The zero-order valence-corrected chi connectivity index (χ0v) is 17.9. The molecule has 1 fully saturated rings. The minimum Gasteiger partial charge on any atom is -0.499 e. The average Bonchev–Trinajstić information content (AvgIpc) is 3.01. The van der Waals surface area contributed by atoms with Crippen molar-refractivity contribution in [2.45, 2.75) is 45.4 Å². The third kappa shape index (κ3) is 5.29. The largest absolute Gasteiger partial charge is 0.499 e. The van der Waals surface area contributed by atoms with Gasteiger partial charge in [0, 0.05) is 20.8 Å². The molecule has 0 spiro atoms. The lowest BCUT2D eigenvalue weighted by Gasteiger charge is -2.23. The van der Waals surface area contributed by atoms with E-state index >= 15 is 0 Å². The van der Waals surface area contributed by atoms with Crippen LogP contribution in [0.15, 0.2) is 30.3 Å². The average molecular weight is 463 g/mol. The SMILES string of the molecule is CC(=O)OCC1OC(Oc2cc3ccccc3c([N+](=O)[O-])c2O)C(OC(C)=O)C1OC(C)=O. The first-order valence-corrected chi connectivity index (χ1v) is 9.77. The Morgan fingerprint density at radius 1 is 1.06 bits per heavy atom. The van der Waals surface area contributed by atoms with Gasteiger partial charge in [-0.15, -0.1) is 0 Å². The number of phenolic OH excluding ortho intramolecular Hbond substituents is 1. The summed E-state index contributed by atoms with van der Waals surface area (Å²) < 4.78 is 26.7. The van der Waals surface area contributed by atoms with Crippen LogP contribution in [-0.2, 0) is 33.3 Å². The van der Waals surface area contributed by atoms with Crippen molar-refractivity contribution in [3.05, 3.63) is 40.4 Å². The number of carbonyl (C=O) groups is 3. The number of phenols is 1. The predicted octanol–water partition coefficient (Wildman–Crippen LogP) is 1.98. The Labute approximate surface area is 187 Å². The maximum atomic E-state index is 11.7. The molecule has 4 atom stereocenters. The lowest BCUT2D eigenvalue weighted by molar-refractivity contribution is -0.384. The molecule has 1 heterocycles. The van der Waals surface area contributed by atoms with E-state index in [1.165, 1.54) is 19.1 Å². The highest BCUT2D eigenvalue weighted by Crippen LogP contribution is 2.43. The fraction of sp³-hybridized carbons (Fsp3) is 0.381. The van der Waals surface area contributed by atoms with Crippen LogP contribution in [0.4, 0.5) is 5.69 Å². The molecule has 0 aromatic heterocycles. The molecule has 4 unspecified atom stereocenters. The molecule has 0 saturated carbocycles. The fourth-order valence-electron chi connectivity index (χ4n) is 3.46. The number of benzene rings is 2. The first kappa shape index (κ1) is 23.7. The molecule has 3 rings (SSSR count). The standard InChI is InChI=1S/C21H21NO11/c1-10(23)29-9-16-19(30-11(2)24)20(31-12(3)25)21(33-16)32-15-8-13-6-4-5-7-14(13)17(18(15)26)22(27)28/h4-8,16,19-21,26H,9H2,1-3H3. The summed E-state index contributed by atoms with van der Waals surface area (Å²) >= 11 is 0. The lowest BCUT2D eigenvalue weighted by Crippen LogP contribution is -2.42. The molecule has 176 valence electrons. The van der Waals surface area contributed by atoms with Crippen LogP contribution >= 0.6 is 0 Å². The van der Waals surface area contributed by atoms with Gasteiger partial charge in [0.2, 0.25) is 18.1 Å². The summed E-state index contributed by atoms with van der Waals surface area (Å²) in [6, 6.07) is 7.63. The van der Waals surface area contributed by atoms with E-state index < -0.39 is 58.9 Å². The van der Waals surface area contributed by atoms with Crippen LogP contribution in [0.3, 0.4) is 0 Å². The van der Waals surface area contributed by atoms with E-state index in [1.54, 1.807) is 18.2 Å². The molecule has 0 aliphatic carbocycles. The van der Waals surface area contributed by atoms with Gasteiger partial charge in [0.15, 0.2) is 11.9 Å². The van der Waals surface area contributed by atoms with Crippen LogP contribution in [0.25, 0.3) is 10.8 Å². The van der Waals surface area contributed by atoms with Crippen LogP contribution in [-0.4, -0.2) is 59.1 Å². The number of rotatable bonds is 7. The second kappa shape index (κ2) is 9.69. The highest BCUT2D eigenvalue weighted by molar-refractivity contribution is 5.95. The molecule has 1 N–H and O–H groups in total. The Bertz CT molecular complexity index is 1100. The van der Waals surface area contributed by atoms with Gasteiger partial charge in [-0.3, -0.25) is 24.5 Å². The monoisotopic (exact) mass is 463 g/mol. The van der Waals surface area contributed by atoms with E-state index in [0.717, 1.165) is 13.8 Å². The number of fused-ring (bicyclic) bond motifs is 1. The van der Waals surface area contributed by atoms with Crippen molar-refractivity contribution in [1.29, 1.82) is 0 Å². The maximum Gasteiger partial charge on any atom is 0.322 e. The number of hydrogen-bond donors (Lipinski definition) is 1. The zero-order valence-electron chi connectivity index (χ0n) is 17.9. The Morgan fingerprint density at radius 2 is 1.70 bits per heavy atom. The summed E-state index contributed by atoms with van der Waals surface area (Å²) in [5, 5.41) is 22.7. The van der Waals surface area contributed by atoms with E-state index in [1.807, 2.05) is 0 Å². The molecule has 12 nitrogen and oxygen atoms in total. The summed E-state index contributed by atoms with van der Waals surface area (Å²) in [7, 11) is 0. The smallest absolute Gasteiger partial charge is 0.322 e. The van der Waals surface area contributed by atoms with Crippen LogP contribution in [0, 0.1) is 10.1 Å². The summed E-state index contributed by atoms with van der Waals surface area (Å²) in [5.74, 6) is -3.19. The number of esters is 3. The first-order chi connectivity index (χ1) is 15.6. The summed E-state index contributed by atoms with van der Waals surface area (Å²) in [5.41, 5.74) is -0.585. The zero-order chi connectivity index (χ0) is 24.3. The van der Waals surface area contributed by atoms with Crippen molar-refractivity contribution in [1.82, 2.24) is 0 Å². The van der Waals surface area contributed by atoms with E-state index in [2.05, 4.69) is 0 Å². The van der Waals surface area contributed by atoms with Gasteiger partial charge in [0.1, 0.15) is 12.7 Å². The number of carbonyl (C=O) groups excluding carboxylic acids is 3. The molecule has 0 bridgehead atoms. The van der Waals surface area contributed by atoms with Crippen LogP contribution in [0.5, 0.6) is 11.5 Å². The van der Waals surface area contributed by atoms with Gasteiger partial charge in [-0.1, -0.05) is 18.2 Å². The van der Waals surface area contributed by atoms with Crippen LogP contribution in [0.1, 0.15) is 20.8 Å². The summed E-state index contributed by atoms with van der Waals surface area (Å²) in [6.07, 6.45) is -5.07. The topological polar surface area (TPSA) is 161 Å². The molecule has 2 aromatic carbocycles. The summed E-state index contributed by atoms with van der Waals surface area (Å²) in [4.78, 5) is 45.4. The van der Waals surface area contributed by atoms with Crippen LogP contribution in [0.2, 0.25) is 0 Å². The van der Waals surface area contributed by atoms with Gasteiger partial charge >= 0.3 is 23.6 Å². The first-order valence-electron chi connectivity index (χ1n) is 9.77. The van der Waals surface area contributed by atoms with E-state index in [9.17, 15) is 29.6 Å². The Morgan fingerprint density at radius 3 is 2.30 bits per heavy atom. The van der Waals surface area contributed by atoms with Crippen molar-refractivity contribution in [3.8, 4) is 11.5 Å². The van der Waals surface area contributed by atoms with Crippen molar-refractivity contribution in [2.75, 3.05) is 6.61 Å². The second-order valence-corrected chi connectivity index (χ2v) is 7.16. The molecule has 0 amide bonds. The van der Waals surface area contributed by atoms with Gasteiger partial charge < -0.3 is 28.8 Å². The predicted molar refractivity (Wildman–Crippen MR) is 109 cm³/mol. The molecule has 1 aliphatic rings. The van der Waals surface area contributed by atoms with Crippen molar-refractivity contribution < 1.29 is 48.1 Å². The Hall–Kier alpha value is -3.93. The highest BCUT2D eigenvalue weighted by Gasteiger charge is 2.51. The van der Waals surface area contributed by atoms with E-state index in [4.69, 9.17) is 23.7 Å². The Kier molecular flexibility index (Phi) is 6.97. The minimum absolute atomic E-state index is 0.182. The lowest BCUT2D eigenvalue weighted by atomic mass is 10.1. The minimum atomic E-state index is -1.45. The normalized spacial score (nSPS) is 21.9. The third-order valence-corrected chi connectivity index (χ3v) is 4.71. The van der Waals surface area contributed by atoms with Gasteiger partial charge in [-0.2, -0.15) is 0 Å². The molecule has 1 saturated heterocycles. The molecule has 1 aliphatic heterocycles. The van der Waals surface area contributed by atoms with E-state index in [0.29, 0.717) is 5.39 Å². The third-order valence-electron chi connectivity index (χ3n) is 4.71. The highest BCUT2D eigenvalue weighted by atomic mass is 16.7. The van der Waals surface area contributed by atoms with E-state index in [-0.39, 0.29) is 17.7 Å². The molecular weight excluding hydrogens is 442 g/mol. The van der Waals surface area contributed by atoms with Crippen LogP contribution < -0.4 is 4.74 Å². The van der Waals surface area contributed by atoms with Gasteiger partial charge in [0.05, 0.1) is 10.3 Å². The number of hydrogen-bond acceptors (Lipinski definition) is 11. The fourth-order valence-corrected chi connectivity index (χ4v) is 3.46. The molecule has 2 aromatic rings. The molecule has 33 heavy (non-hydrogen) atoms. The van der Waals surface area contributed by atoms with Crippen molar-refractivity contribution in [2.24, 2.45) is 0 Å².